The Morgan fingerprint density at radius 3 is 2.42 bits per heavy atom. The van der Waals surface area contributed by atoms with Gasteiger partial charge in [-0.15, -0.1) is 0 Å². The third-order valence-electron chi connectivity index (χ3n) is 7.73. The number of phenolic OH excluding ortho intramolecular Hbond substituents is 2. The van der Waals surface area contributed by atoms with E-state index in [2.05, 4.69) is 12.6 Å². The van der Waals surface area contributed by atoms with Crippen LogP contribution in [0.3, 0.4) is 0 Å². The maximum absolute atomic E-state index is 13.7. The van der Waals surface area contributed by atoms with E-state index in [1.165, 1.54) is 25.3 Å². The highest BCUT2D eigenvalue weighted by Crippen LogP contribution is 2.52. The molecule has 0 saturated heterocycles. The molecule has 0 bridgehead atoms. The standard InChI is InChI=1S/C28H34N2O9S/c1-11(7-15(29)23(32)12(2)40)39-17-9-28(37,18(30)10-31)8-14-20(17)27(36)22-21(25(14)34)24(33)13-5-4-6-16(38-3)19(13)26(22)35/h4-6,11-12,15,17,23,30-32,34,36-37,40H,7-10,29H2,1-3H3/t11-,12+,15+,17+,23-,28+/m1/s1. The van der Waals surface area contributed by atoms with Crippen LogP contribution in [0.4, 0.5) is 0 Å². The van der Waals surface area contributed by atoms with Crippen LogP contribution in [0.5, 0.6) is 17.2 Å². The van der Waals surface area contributed by atoms with E-state index in [0.29, 0.717) is 0 Å². The molecule has 8 N–H and O–H groups in total. The normalized spacial score (nSPS) is 22.9. The molecule has 4 rings (SSSR count). The van der Waals surface area contributed by atoms with Crippen molar-refractivity contribution in [1.82, 2.24) is 0 Å². The number of ether oxygens (including phenoxy) is 2. The summed E-state index contributed by atoms with van der Waals surface area (Å²) in [6.45, 7) is 2.56. The number of methoxy groups -OCH3 is 1. The lowest BCUT2D eigenvalue weighted by Gasteiger charge is -2.40. The fourth-order valence-electron chi connectivity index (χ4n) is 5.63. The van der Waals surface area contributed by atoms with Crippen molar-refractivity contribution in [2.24, 2.45) is 5.73 Å². The molecule has 6 atom stereocenters. The number of nitrogens with two attached hydrogens (primary N) is 1. The van der Waals surface area contributed by atoms with Gasteiger partial charge in [0.2, 0.25) is 5.78 Å². The topological polar surface area (TPSA) is 204 Å². The number of rotatable bonds is 9. The van der Waals surface area contributed by atoms with Gasteiger partial charge in [-0.2, -0.15) is 12.6 Å². The van der Waals surface area contributed by atoms with Crippen molar-refractivity contribution >= 4 is 29.9 Å². The molecule has 12 heteroatoms. The molecular formula is C28H34N2O9S. The van der Waals surface area contributed by atoms with Gasteiger partial charge < -0.3 is 46.1 Å². The summed E-state index contributed by atoms with van der Waals surface area (Å²) in [7, 11) is 1.34. The van der Waals surface area contributed by atoms with Crippen LogP contribution >= 0.6 is 12.6 Å². The minimum absolute atomic E-state index is 0.0188. The van der Waals surface area contributed by atoms with Gasteiger partial charge >= 0.3 is 0 Å². The highest BCUT2D eigenvalue weighted by atomic mass is 32.1. The average Bonchev–Trinajstić information content (AvgIpc) is 2.91. The molecule has 2 aliphatic carbocycles. The summed E-state index contributed by atoms with van der Waals surface area (Å²) in [5.74, 6) is -2.56. The third-order valence-corrected chi connectivity index (χ3v) is 8.03. The first-order chi connectivity index (χ1) is 18.8. The number of thiol groups is 1. The summed E-state index contributed by atoms with van der Waals surface area (Å²) >= 11 is 4.22. The molecule has 0 unspecified atom stereocenters. The lowest BCUT2D eigenvalue weighted by atomic mass is 9.71. The van der Waals surface area contributed by atoms with Gasteiger partial charge in [-0.3, -0.25) is 9.59 Å². The van der Waals surface area contributed by atoms with Gasteiger partial charge in [-0.1, -0.05) is 19.1 Å². The summed E-state index contributed by atoms with van der Waals surface area (Å²) in [6, 6.07) is 3.70. The van der Waals surface area contributed by atoms with Crippen molar-refractivity contribution in [1.29, 1.82) is 5.41 Å². The number of hydrogen-bond acceptors (Lipinski definition) is 12. The van der Waals surface area contributed by atoms with Crippen LogP contribution in [0.1, 0.15) is 75.8 Å². The number of hydrogen-bond donors (Lipinski definition) is 8. The molecule has 216 valence electrons. The Morgan fingerprint density at radius 1 is 1.18 bits per heavy atom. The maximum atomic E-state index is 13.7. The molecule has 0 amide bonds. The predicted octanol–water partition coefficient (Wildman–Crippen LogP) is 1.41. The highest BCUT2D eigenvalue weighted by Gasteiger charge is 2.48. The van der Waals surface area contributed by atoms with E-state index < -0.39 is 88.1 Å². The van der Waals surface area contributed by atoms with E-state index in [9.17, 15) is 35.1 Å². The Hall–Kier alpha value is -3.00. The molecule has 2 aliphatic rings. The highest BCUT2D eigenvalue weighted by molar-refractivity contribution is 7.81. The summed E-state index contributed by atoms with van der Waals surface area (Å²) in [6.07, 6.45) is -3.39. The second-order valence-corrected chi connectivity index (χ2v) is 11.3. The van der Waals surface area contributed by atoms with Gasteiger partial charge in [0.1, 0.15) is 22.8 Å². The van der Waals surface area contributed by atoms with Crippen LogP contribution in [0.15, 0.2) is 18.2 Å². The number of benzene rings is 2. The van der Waals surface area contributed by atoms with E-state index in [-0.39, 0.29) is 40.8 Å². The van der Waals surface area contributed by atoms with Crippen molar-refractivity contribution in [3.05, 3.63) is 51.6 Å². The van der Waals surface area contributed by atoms with Crippen LogP contribution in [-0.4, -0.2) is 85.6 Å². The van der Waals surface area contributed by atoms with Crippen LogP contribution in [0.25, 0.3) is 0 Å². The van der Waals surface area contributed by atoms with Gasteiger partial charge in [0.15, 0.2) is 5.78 Å². The fourth-order valence-corrected chi connectivity index (χ4v) is 5.85. The first-order valence-electron chi connectivity index (χ1n) is 12.8. The average molecular weight is 575 g/mol. The van der Waals surface area contributed by atoms with Crippen LogP contribution in [0, 0.1) is 5.41 Å². The van der Waals surface area contributed by atoms with E-state index in [1.54, 1.807) is 13.8 Å². The van der Waals surface area contributed by atoms with Gasteiger partial charge in [0, 0.05) is 40.8 Å². The molecule has 0 aliphatic heterocycles. The minimum Gasteiger partial charge on any atom is -0.507 e. The molecule has 0 radical (unpaired) electrons. The zero-order valence-electron chi connectivity index (χ0n) is 22.3. The summed E-state index contributed by atoms with van der Waals surface area (Å²) in [4.78, 5) is 27.2. The van der Waals surface area contributed by atoms with Crippen molar-refractivity contribution in [2.75, 3.05) is 13.7 Å². The summed E-state index contributed by atoms with van der Waals surface area (Å²) in [5, 5.41) is 62.0. The smallest absolute Gasteiger partial charge is 0.202 e. The van der Waals surface area contributed by atoms with Crippen molar-refractivity contribution in [2.45, 2.75) is 68.3 Å². The first kappa shape index (κ1) is 30.0. The number of ketones is 2. The van der Waals surface area contributed by atoms with Gasteiger partial charge in [-0.25, -0.2) is 0 Å². The second kappa shape index (κ2) is 11.1. The molecule has 2 aromatic carbocycles. The number of carbonyl (C=O) groups is 2. The summed E-state index contributed by atoms with van der Waals surface area (Å²) < 4.78 is 11.4. The zero-order valence-corrected chi connectivity index (χ0v) is 23.2. The van der Waals surface area contributed by atoms with Crippen molar-refractivity contribution in [3.8, 4) is 17.2 Å². The molecule has 0 fully saturated rings. The molecular weight excluding hydrogens is 540 g/mol. The first-order valence-corrected chi connectivity index (χ1v) is 13.3. The SMILES string of the molecule is COc1cccc2c1C(=O)c1c(O)c3c(c(O)c1C2=O)C[C@@](O)(C(=N)CO)C[C@@H]3O[C@H](C)C[C@H](N)[C@H](O)[C@H](C)S. The Kier molecular flexibility index (Phi) is 8.32. The van der Waals surface area contributed by atoms with Crippen LogP contribution in [0.2, 0.25) is 0 Å². The van der Waals surface area contributed by atoms with E-state index >= 15 is 0 Å². The number of carbonyl (C=O) groups excluding carboxylic acids is 2. The number of aliphatic hydroxyl groups is 3. The van der Waals surface area contributed by atoms with E-state index in [1.807, 2.05) is 0 Å². The third kappa shape index (κ3) is 4.89. The Bertz CT molecular complexity index is 1380. The molecule has 2 aromatic rings. The number of fused-ring (bicyclic) bond motifs is 3. The van der Waals surface area contributed by atoms with E-state index in [0.717, 1.165) is 0 Å². The maximum Gasteiger partial charge on any atom is 0.202 e. The van der Waals surface area contributed by atoms with Gasteiger partial charge in [-0.05, 0) is 19.4 Å². The lowest BCUT2D eigenvalue weighted by Crippen LogP contribution is -2.47. The molecule has 0 heterocycles. The molecule has 0 saturated carbocycles. The predicted molar refractivity (Wildman–Crippen MR) is 148 cm³/mol. The van der Waals surface area contributed by atoms with Crippen molar-refractivity contribution in [3.63, 3.8) is 0 Å². The van der Waals surface area contributed by atoms with E-state index in [4.69, 9.17) is 20.6 Å². The lowest BCUT2D eigenvalue weighted by molar-refractivity contribution is -0.0612. The van der Waals surface area contributed by atoms with Crippen LogP contribution in [-0.2, 0) is 11.2 Å². The van der Waals surface area contributed by atoms with Gasteiger partial charge in [0.05, 0.1) is 54.4 Å². The number of aromatic hydroxyl groups is 2. The Labute approximate surface area is 236 Å². The minimum atomic E-state index is -1.99. The quantitative estimate of drug-likeness (QED) is 0.105. The van der Waals surface area contributed by atoms with Gasteiger partial charge in [0.25, 0.3) is 0 Å². The monoisotopic (exact) mass is 574 g/mol. The Morgan fingerprint density at radius 2 is 1.82 bits per heavy atom. The number of aliphatic hydroxyl groups excluding tert-OH is 2. The second-order valence-electron chi connectivity index (χ2n) is 10.5. The van der Waals surface area contributed by atoms with Crippen molar-refractivity contribution < 1.29 is 44.6 Å². The number of phenols is 2. The van der Waals surface area contributed by atoms with Crippen LogP contribution < -0.4 is 10.5 Å². The molecule has 40 heavy (non-hydrogen) atoms. The summed E-state index contributed by atoms with van der Waals surface area (Å²) in [5.41, 5.74) is 2.64. The largest absolute Gasteiger partial charge is 0.507 e. The number of nitrogens with one attached hydrogen (secondary N) is 1. The fraction of sp³-hybridized carbons (Fsp3) is 0.464. The Balaban J connectivity index is 1.87. The molecule has 0 spiro atoms. The zero-order chi connectivity index (χ0) is 29.7. The molecule has 0 aromatic heterocycles. The molecule has 11 nitrogen and oxygen atoms in total.